The van der Waals surface area contributed by atoms with Gasteiger partial charge in [-0.2, -0.15) is 0 Å². The number of aryl methyl sites for hydroxylation is 1. The fraction of sp³-hybridized carbons (Fsp3) is 0.579. The molecule has 142 valence electrons. The van der Waals surface area contributed by atoms with Gasteiger partial charge in [0, 0.05) is 44.7 Å². The Morgan fingerprint density at radius 1 is 1.31 bits per heavy atom. The fourth-order valence-corrected chi connectivity index (χ4v) is 3.96. The SMILES string of the molecule is CC(=O)N1CC[C@@]2(O)CCN(CC(=O)Nc3ccc(F)cc3C)C[C@H]2C1. The number of nitrogens with one attached hydrogen (secondary N) is 1. The van der Waals surface area contributed by atoms with Gasteiger partial charge in [0.1, 0.15) is 5.82 Å². The average molecular weight is 363 g/mol. The molecule has 2 aliphatic rings. The molecule has 1 aromatic carbocycles. The highest BCUT2D eigenvalue weighted by atomic mass is 19.1. The van der Waals surface area contributed by atoms with E-state index in [-0.39, 0.29) is 30.1 Å². The maximum absolute atomic E-state index is 13.2. The standard InChI is InChI=1S/C19H26FN3O3/c1-13-9-16(20)3-4-17(13)21-18(25)12-22-7-5-19(26)6-8-23(14(2)24)11-15(19)10-22/h3-4,9,15,26H,5-8,10-12H2,1-2H3,(H,21,25)/t15-,19-/m0/s1. The highest BCUT2D eigenvalue weighted by Crippen LogP contribution is 2.35. The lowest BCUT2D eigenvalue weighted by molar-refractivity contribution is -0.146. The van der Waals surface area contributed by atoms with E-state index < -0.39 is 5.60 Å². The Kier molecular flexibility index (Phi) is 5.29. The van der Waals surface area contributed by atoms with Crippen LogP contribution in [0.15, 0.2) is 18.2 Å². The summed E-state index contributed by atoms with van der Waals surface area (Å²) in [5.41, 5.74) is 0.535. The van der Waals surface area contributed by atoms with Crippen molar-refractivity contribution in [2.45, 2.75) is 32.3 Å². The summed E-state index contributed by atoms with van der Waals surface area (Å²) in [6.07, 6.45) is 1.19. The third-order valence-electron chi connectivity index (χ3n) is 5.63. The molecule has 0 aromatic heterocycles. The molecule has 0 saturated carbocycles. The lowest BCUT2D eigenvalue weighted by atomic mass is 9.75. The van der Waals surface area contributed by atoms with Crippen LogP contribution in [0.3, 0.4) is 0 Å². The molecular formula is C19H26FN3O3. The lowest BCUT2D eigenvalue weighted by Gasteiger charge is -2.50. The summed E-state index contributed by atoms with van der Waals surface area (Å²) in [5, 5.41) is 13.7. The van der Waals surface area contributed by atoms with Gasteiger partial charge >= 0.3 is 0 Å². The van der Waals surface area contributed by atoms with Crippen molar-refractivity contribution < 1.29 is 19.1 Å². The molecule has 7 heteroatoms. The topological polar surface area (TPSA) is 72.9 Å². The summed E-state index contributed by atoms with van der Waals surface area (Å²) < 4.78 is 13.2. The van der Waals surface area contributed by atoms with Crippen molar-refractivity contribution in [3.63, 3.8) is 0 Å². The Bertz CT molecular complexity index is 711. The Hall–Kier alpha value is -1.99. The van der Waals surface area contributed by atoms with Gasteiger partial charge in [-0.15, -0.1) is 0 Å². The molecule has 0 bridgehead atoms. The second kappa shape index (κ2) is 7.32. The number of benzene rings is 1. The minimum Gasteiger partial charge on any atom is -0.389 e. The van der Waals surface area contributed by atoms with E-state index >= 15 is 0 Å². The third kappa shape index (κ3) is 4.04. The maximum atomic E-state index is 13.2. The first-order valence-corrected chi connectivity index (χ1v) is 9.03. The van der Waals surface area contributed by atoms with Crippen LogP contribution >= 0.6 is 0 Å². The molecule has 2 atom stereocenters. The van der Waals surface area contributed by atoms with Crippen molar-refractivity contribution in [2.24, 2.45) is 5.92 Å². The molecule has 0 aliphatic carbocycles. The summed E-state index contributed by atoms with van der Waals surface area (Å²) in [6.45, 7) is 5.84. The maximum Gasteiger partial charge on any atom is 0.238 e. The Morgan fingerprint density at radius 3 is 2.73 bits per heavy atom. The normalized spacial score (nSPS) is 26.3. The number of hydrogen-bond donors (Lipinski definition) is 2. The van der Waals surface area contributed by atoms with Gasteiger partial charge in [-0.3, -0.25) is 14.5 Å². The van der Waals surface area contributed by atoms with E-state index in [9.17, 15) is 19.1 Å². The number of aliphatic hydroxyl groups is 1. The van der Waals surface area contributed by atoms with Gasteiger partial charge < -0.3 is 15.3 Å². The summed E-state index contributed by atoms with van der Waals surface area (Å²) in [5.74, 6) is -0.518. The summed E-state index contributed by atoms with van der Waals surface area (Å²) in [6, 6.07) is 4.26. The number of piperidine rings is 2. The van der Waals surface area contributed by atoms with Gasteiger partial charge in [-0.1, -0.05) is 0 Å². The lowest BCUT2D eigenvalue weighted by Crippen LogP contribution is -2.61. The molecule has 2 fully saturated rings. The number of carbonyl (C=O) groups is 2. The van der Waals surface area contributed by atoms with Crippen molar-refractivity contribution in [1.29, 1.82) is 0 Å². The van der Waals surface area contributed by atoms with Gasteiger partial charge in [0.05, 0.1) is 12.1 Å². The highest BCUT2D eigenvalue weighted by molar-refractivity contribution is 5.92. The predicted molar refractivity (Wildman–Crippen MR) is 96.1 cm³/mol. The Balaban J connectivity index is 1.59. The van der Waals surface area contributed by atoms with E-state index in [4.69, 9.17) is 0 Å². The average Bonchev–Trinajstić information content (AvgIpc) is 2.57. The molecular weight excluding hydrogens is 337 g/mol. The van der Waals surface area contributed by atoms with Crippen LogP contribution in [0.4, 0.5) is 10.1 Å². The van der Waals surface area contributed by atoms with Crippen LogP contribution in [0.1, 0.15) is 25.3 Å². The molecule has 2 aliphatic heterocycles. The van der Waals surface area contributed by atoms with E-state index in [0.717, 1.165) is 0 Å². The number of likely N-dealkylation sites (tertiary alicyclic amines) is 2. The number of hydrogen-bond acceptors (Lipinski definition) is 4. The van der Waals surface area contributed by atoms with Crippen LogP contribution in [0.5, 0.6) is 0 Å². The van der Waals surface area contributed by atoms with Crippen LogP contribution in [0.25, 0.3) is 0 Å². The second-order valence-electron chi connectivity index (χ2n) is 7.51. The third-order valence-corrected chi connectivity index (χ3v) is 5.63. The van der Waals surface area contributed by atoms with Crippen molar-refractivity contribution in [1.82, 2.24) is 9.80 Å². The number of rotatable bonds is 3. The van der Waals surface area contributed by atoms with Crippen LogP contribution in [0.2, 0.25) is 0 Å². The van der Waals surface area contributed by atoms with Crippen molar-refractivity contribution in [3.05, 3.63) is 29.6 Å². The van der Waals surface area contributed by atoms with Gasteiger partial charge in [0.25, 0.3) is 0 Å². The van der Waals surface area contributed by atoms with Gasteiger partial charge in [0.15, 0.2) is 0 Å². The number of amides is 2. The summed E-state index contributed by atoms with van der Waals surface area (Å²) in [7, 11) is 0. The Morgan fingerprint density at radius 2 is 2.04 bits per heavy atom. The first-order chi connectivity index (χ1) is 12.3. The van der Waals surface area contributed by atoms with Crippen LogP contribution in [-0.4, -0.2) is 65.0 Å². The van der Waals surface area contributed by atoms with E-state index in [1.165, 1.54) is 12.1 Å². The smallest absolute Gasteiger partial charge is 0.238 e. The number of carbonyl (C=O) groups excluding carboxylic acids is 2. The number of fused-ring (bicyclic) bond motifs is 1. The molecule has 3 rings (SSSR count). The molecule has 26 heavy (non-hydrogen) atoms. The molecule has 0 radical (unpaired) electrons. The molecule has 2 saturated heterocycles. The molecule has 2 amide bonds. The quantitative estimate of drug-likeness (QED) is 0.851. The van der Waals surface area contributed by atoms with E-state index in [0.29, 0.717) is 50.3 Å². The van der Waals surface area contributed by atoms with Crippen molar-refractivity contribution in [2.75, 3.05) is 38.0 Å². The number of nitrogens with zero attached hydrogens (tertiary/aromatic N) is 2. The Labute approximate surface area is 153 Å². The largest absolute Gasteiger partial charge is 0.389 e. The minimum atomic E-state index is -0.744. The van der Waals surface area contributed by atoms with Gasteiger partial charge in [-0.05, 0) is 43.5 Å². The first kappa shape index (κ1) is 18.8. The molecule has 2 N–H and O–H groups in total. The van der Waals surface area contributed by atoms with E-state index in [2.05, 4.69) is 5.32 Å². The van der Waals surface area contributed by atoms with Crippen LogP contribution in [-0.2, 0) is 9.59 Å². The second-order valence-corrected chi connectivity index (χ2v) is 7.51. The predicted octanol–water partition coefficient (Wildman–Crippen LogP) is 1.38. The number of anilines is 1. The zero-order valence-corrected chi connectivity index (χ0v) is 15.3. The number of halogens is 1. The van der Waals surface area contributed by atoms with Crippen molar-refractivity contribution >= 4 is 17.5 Å². The van der Waals surface area contributed by atoms with E-state index in [1.807, 2.05) is 4.90 Å². The van der Waals surface area contributed by atoms with Gasteiger partial charge in [0.2, 0.25) is 11.8 Å². The monoisotopic (exact) mass is 363 g/mol. The van der Waals surface area contributed by atoms with Gasteiger partial charge in [-0.25, -0.2) is 4.39 Å². The molecule has 0 spiro atoms. The van der Waals surface area contributed by atoms with Crippen molar-refractivity contribution in [3.8, 4) is 0 Å². The molecule has 1 aromatic rings. The van der Waals surface area contributed by atoms with Crippen LogP contribution in [0, 0.1) is 18.7 Å². The van der Waals surface area contributed by atoms with E-state index in [1.54, 1.807) is 24.8 Å². The van der Waals surface area contributed by atoms with Crippen LogP contribution < -0.4 is 5.32 Å². The molecule has 2 heterocycles. The molecule has 6 nitrogen and oxygen atoms in total. The zero-order valence-electron chi connectivity index (χ0n) is 15.3. The first-order valence-electron chi connectivity index (χ1n) is 9.03. The summed E-state index contributed by atoms with van der Waals surface area (Å²) >= 11 is 0. The summed E-state index contributed by atoms with van der Waals surface area (Å²) in [4.78, 5) is 27.8. The minimum absolute atomic E-state index is 0.0219. The molecule has 0 unspecified atom stereocenters. The highest BCUT2D eigenvalue weighted by Gasteiger charge is 2.45. The fourth-order valence-electron chi connectivity index (χ4n) is 3.96. The zero-order chi connectivity index (χ0) is 18.9.